The Morgan fingerprint density at radius 2 is 1.02 bits per heavy atom. The molecule has 0 aliphatic heterocycles. The molecule has 57 heavy (non-hydrogen) atoms. The van der Waals surface area contributed by atoms with Gasteiger partial charge in [0, 0.05) is 47.8 Å². The molecule has 0 saturated heterocycles. The van der Waals surface area contributed by atoms with E-state index in [9.17, 15) is 0 Å². The van der Waals surface area contributed by atoms with Gasteiger partial charge in [0.2, 0.25) is 5.95 Å². The smallest absolute Gasteiger partial charge is 0.503 e. The molecule has 0 amide bonds. The monoisotopic (exact) mass is 1020 g/mol. The van der Waals surface area contributed by atoms with E-state index in [0.29, 0.717) is 40.8 Å². The minimum absolute atomic E-state index is 0. The molecular formula is C48H41N5O2PdPt. The Kier molecular flexibility index (Phi) is 13.2. The van der Waals surface area contributed by atoms with Crippen LogP contribution in [0.1, 0.15) is 49.9 Å². The molecule has 0 radical (unpaired) electrons. The van der Waals surface area contributed by atoms with Crippen LogP contribution in [0.2, 0.25) is 0 Å². The molecule has 0 N–H and O–H groups in total. The van der Waals surface area contributed by atoms with Crippen LogP contribution in [0.4, 0.5) is 0 Å². The predicted octanol–water partition coefficient (Wildman–Crippen LogP) is 11.5. The zero-order valence-corrected chi connectivity index (χ0v) is 36.4. The van der Waals surface area contributed by atoms with E-state index in [-0.39, 0.29) is 41.5 Å². The van der Waals surface area contributed by atoms with Crippen LogP contribution >= 0.6 is 0 Å². The first-order valence-corrected chi connectivity index (χ1v) is 18.7. The number of ether oxygens (including phenoxy) is 2. The molecule has 0 saturated carbocycles. The van der Waals surface area contributed by atoms with E-state index in [2.05, 4.69) is 134 Å². The largest absolute Gasteiger partial charge is 2.00 e. The molecule has 0 spiro atoms. The van der Waals surface area contributed by atoms with Gasteiger partial charge in [-0.05, 0) is 43.4 Å². The molecule has 0 bridgehead atoms. The molecule has 4 aromatic heterocycles. The second-order valence-corrected chi connectivity index (χ2v) is 14.8. The standard InChI is InChI=1S/C48H41N5O2.Pd.Pt/c1-30(2)22-36-10-8-34(42-24-32(5)16-20-49-42)26-46(36)54-38-12-14-40-41-15-13-39(29-45(41)53(44(40)28-38)48-51-18-7-19-52-48)55-47-27-35(9-11-37(47)23-31(3)4)43-25-33(6)17-21-50-43;;/h7-21,24-25,30-31H,22-23H2,1-6H3;;/q-4;2*+2. The normalized spacial score (nSPS) is 11.2. The quantitative estimate of drug-likeness (QED) is 0.0949. The molecule has 4 aromatic carbocycles. The van der Waals surface area contributed by atoms with Crippen molar-refractivity contribution in [2.75, 3.05) is 0 Å². The van der Waals surface area contributed by atoms with Crippen molar-refractivity contribution < 1.29 is 51.0 Å². The van der Waals surface area contributed by atoms with E-state index >= 15 is 0 Å². The minimum Gasteiger partial charge on any atom is -0.503 e. The van der Waals surface area contributed by atoms with Gasteiger partial charge < -0.3 is 24.0 Å². The number of fused-ring (bicyclic) bond motifs is 3. The molecule has 7 nitrogen and oxygen atoms in total. The van der Waals surface area contributed by atoms with Crippen LogP contribution in [0, 0.1) is 49.9 Å². The van der Waals surface area contributed by atoms with E-state index < -0.39 is 0 Å². The van der Waals surface area contributed by atoms with Crippen LogP contribution in [0.25, 0.3) is 50.3 Å². The summed E-state index contributed by atoms with van der Waals surface area (Å²) in [7, 11) is 0. The molecule has 0 aliphatic carbocycles. The number of nitrogens with zero attached hydrogens (tertiary/aromatic N) is 5. The first-order valence-electron chi connectivity index (χ1n) is 18.7. The van der Waals surface area contributed by atoms with Crippen LogP contribution < -0.4 is 9.47 Å². The Bertz CT molecular complexity index is 2500. The van der Waals surface area contributed by atoms with Gasteiger partial charge in [-0.15, -0.1) is 59.7 Å². The maximum Gasteiger partial charge on any atom is 2.00 e. The van der Waals surface area contributed by atoms with E-state index in [4.69, 9.17) is 9.47 Å². The van der Waals surface area contributed by atoms with Crippen molar-refractivity contribution in [1.29, 1.82) is 0 Å². The van der Waals surface area contributed by atoms with E-state index in [1.165, 1.54) is 0 Å². The van der Waals surface area contributed by atoms with Crippen LogP contribution in [0.15, 0.2) is 104 Å². The summed E-state index contributed by atoms with van der Waals surface area (Å²) < 4.78 is 15.3. The summed E-state index contributed by atoms with van der Waals surface area (Å²) in [5, 5.41) is 1.92. The number of rotatable bonds is 11. The summed E-state index contributed by atoms with van der Waals surface area (Å²) in [6, 6.07) is 40.5. The molecule has 0 unspecified atom stereocenters. The molecule has 290 valence electrons. The molecule has 8 aromatic rings. The third-order valence-corrected chi connectivity index (χ3v) is 9.33. The molecule has 4 heterocycles. The van der Waals surface area contributed by atoms with Gasteiger partial charge in [-0.1, -0.05) is 110 Å². The van der Waals surface area contributed by atoms with Gasteiger partial charge in [0.1, 0.15) is 0 Å². The molecular weight excluding hydrogens is 980 g/mol. The Morgan fingerprint density at radius 1 is 0.561 bits per heavy atom. The number of benzene rings is 4. The molecule has 0 fully saturated rings. The van der Waals surface area contributed by atoms with Gasteiger partial charge >= 0.3 is 41.5 Å². The van der Waals surface area contributed by atoms with Gasteiger partial charge in [-0.3, -0.25) is 0 Å². The van der Waals surface area contributed by atoms with Gasteiger partial charge in [-0.25, -0.2) is 9.97 Å². The first kappa shape index (κ1) is 41.6. The van der Waals surface area contributed by atoms with Crippen molar-refractivity contribution in [2.24, 2.45) is 11.8 Å². The zero-order valence-electron chi connectivity index (χ0n) is 32.6. The van der Waals surface area contributed by atoms with Crippen molar-refractivity contribution in [3.63, 3.8) is 0 Å². The first-order chi connectivity index (χ1) is 26.7. The summed E-state index contributed by atoms with van der Waals surface area (Å²) in [5.74, 6) is 3.75. The number of aryl methyl sites for hydroxylation is 2. The molecule has 8 rings (SSSR count). The van der Waals surface area contributed by atoms with Crippen molar-refractivity contribution >= 4 is 21.8 Å². The Hall–Kier alpha value is -4.99. The molecule has 9 heteroatoms. The van der Waals surface area contributed by atoms with Gasteiger partial charge in [0.15, 0.2) is 0 Å². The number of aromatic nitrogens is 5. The summed E-state index contributed by atoms with van der Waals surface area (Å²) in [6.45, 7) is 12.9. The molecule has 0 atom stereocenters. The second-order valence-electron chi connectivity index (χ2n) is 14.8. The number of hydrogen-bond acceptors (Lipinski definition) is 6. The third-order valence-electron chi connectivity index (χ3n) is 9.33. The van der Waals surface area contributed by atoms with Crippen molar-refractivity contribution in [3.05, 3.63) is 150 Å². The van der Waals surface area contributed by atoms with Gasteiger partial charge in [0.25, 0.3) is 0 Å². The van der Waals surface area contributed by atoms with Crippen LogP contribution in [0.5, 0.6) is 23.0 Å². The average molecular weight is 1020 g/mol. The maximum absolute atomic E-state index is 6.66. The fraction of sp³-hybridized carbons (Fsp3) is 0.208. The van der Waals surface area contributed by atoms with E-state index in [0.717, 1.165) is 79.4 Å². The third kappa shape index (κ3) is 9.26. The Morgan fingerprint density at radius 3 is 1.44 bits per heavy atom. The zero-order chi connectivity index (χ0) is 38.1. The Balaban J connectivity index is 0.00000275. The topological polar surface area (TPSA) is 75.0 Å². The second kappa shape index (κ2) is 18.1. The number of hydrogen-bond donors (Lipinski definition) is 0. The van der Waals surface area contributed by atoms with Gasteiger partial charge in [0.05, 0.1) is 0 Å². The predicted molar refractivity (Wildman–Crippen MR) is 218 cm³/mol. The number of pyridine rings is 2. The molecule has 0 aliphatic rings. The van der Waals surface area contributed by atoms with Crippen LogP contribution in [-0.4, -0.2) is 24.5 Å². The average Bonchev–Trinajstić information content (AvgIpc) is 3.49. The van der Waals surface area contributed by atoms with Crippen LogP contribution in [-0.2, 0) is 54.3 Å². The van der Waals surface area contributed by atoms with E-state index in [1.54, 1.807) is 18.5 Å². The summed E-state index contributed by atoms with van der Waals surface area (Å²) >= 11 is 0. The summed E-state index contributed by atoms with van der Waals surface area (Å²) in [6.07, 6.45) is 8.79. The van der Waals surface area contributed by atoms with E-state index in [1.807, 2.05) is 41.2 Å². The fourth-order valence-electron chi connectivity index (χ4n) is 6.83. The van der Waals surface area contributed by atoms with Crippen molar-refractivity contribution in [2.45, 2.75) is 54.4 Å². The fourth-order valence-corrected chi connectivity index (χ4v) is 6.83. The van der Waals surface area contributed by atoms with Gasteiger partial charge in [-0.2, -0.15) is 22.9 Å². The SMILES string of the molecule is Cc1ccnc(-c2[c-]c(Oc3[c-]c4c(cc3)c3ccc(Oc5[c-]c(-c6cc(C)ccn6)ccc5CC(C)C)[c-]c3n4-c3ncccn3)c(CC(C)C)cc2)c1.[Pd+2].[Pt+2]. The summed E-state index contributed by atoms with van der Waals surface area (Å²) in [5.41, 5.74) is 9.36. The summed E-state index contributed by atoms with van der Waals surface area (Å²) in [4.78, 5) is 18.5. The van der Waals surface area contributed by atoms with Crippen molar-refractivity contribution in [1.82, 2.24) is 24.5 Å². The van der Waals surface area contributed by atoms with Crippen LogP contribution in [0.3, 0.4) is 0 Å². The van der Waals surface area contributed by atoms with Crippen molar-refractivity contribution in [3.8, 4) is 51.5 Å². The minimum atomic E-state index is 0. The Labute approximate surface area is 362 Å². The maximum atomic E-state index is 6.66.